The van der Waals surface area contributed by atoms with Crippen LogP contribution in [0.1, 0.15) is 43.9 Å². The molecule has 4 nitrogen and oxygen atoms in total. The fraction of sp³-hybridized carbons (Fsp3) is 0.733. The van der Waals surface area contributed by atoms with Gasteiger partial charge < -0.3 is 10.2 Å². The molecule has 1 aromatic heterocycles. The lowest BCUT2D eigenvalue weighted by Crippen LogP contribution is -2.39. The largest absolute Gasteiger partial charge is 0.355 e. The first kappa shape index (κ1) is 12.9. The number of rotatable bonds is 5. The Balaban J connectivity index is 1.80. The molecule has 1 aliphatic carbocycles. The zero-order valence-corrected chi connectivity index (χ0v) is 11.9. The van der Waals surface area contributed by atoms with Crippen molar-refractivity contribution in [2.75, 3.05) is 24.5 Å². The third-order valence-electron chi connectivity index (χ3n) is 4.25. The van der Waals surface area contributed by atoms with Crippen molar-refractivity contribution in [2.24, 2.45) is 0 Å². The Morgan fingerprint density at radius 1 is 1.32 bits per heavy atom. The van der Waals surface area contributed by atoms with E-state index in [4.69, 9.17) is 0 Å². The van der Waals surface area contributed by atoms with Crippen LogP contribution in [0.5, 0.6) is 0 Å². The third kappa shape index (κ3) is 2.73. The van der Waals surface area contributed by atoms with Gasteiger partial charge in [-0.3, -0.25) is 0 Å². The molecule has 0 saturated carbocycles. The van der Waals surface area contributed by atoms with Crippen LogP contribution in [0.2, 0.25) is 0 Å². The van der Waals surface area contributed by atoms with E-state index in [9.17, 15) is 0 Å². The van der Waals surface area contributed by atoms with Crippen LogP contribution in [-0.4, -0.2) is 35.6 Å². The number of fused-ring (bicyclic) bond motifs is 1. The molecule has 19 heavy (non-hydrogen) atoms. The normalized spacial score (nSPS) is 21.6. The van der Waals surface area contributed by atoms with Crippen molar-refractivity contribution >= 4 is 5.82 Å². The van der Waals surface area contributed by atoms with Crippen LogP contribution < -0.4 is 10.2 Å². The van der Waals surface area contributed by atoms with E-state index < -0.39 is 0 Å². The lowest BCUT2D eigenvalue weighted by molar-refractivity contribution is 0.574. The van der Waals surface area contributed by atoms with Crippen LogP contribution in [0.25, 0.3) is 0 Å². The second-order valence-corrected chi connectivity index (χ2v) is 5.72. The molecule has 0 amide bonds. The number of anilines is 1. The summed E-state index contributed by atoms with van der Waals surface area (Å²) in [5.74, 6) is 1.21. The topological polar surface area (TPSA) is 41.0 Å². The highest BCUT2D eigenvalue weighted by Gasteiger charge is 2.23. The SMILES string of the molecule is CCCN(CC1CCCN1)c1ncnc2c1CCC2. The quantitative estimate of drug-likeness (QED) is 0.878. The van der Waals surface area contributed by atoms with Gasteiger partial charge in [0.2, 0.25) is 0 Å². The molecular formula is C15H24N4. The predicted molar refractivity (Wildman–Crippen MR) is 77.6 cm³/mol. The number of hydrogen-bond acceptors (Lipinski definition) is 4. The van der Waals surface area contributed by atoms with Crippen molar-refractivity contribution in [3.8, 4) is 0 Å². The van der Waals surface area contributed by atoms with E-state index in [1.54, 1.807) is 6.33 Å². The number of nitrogens with one attached hydrogen (secondary N) is 1. The summed E-state index contributed by atoms with van der Waals surface area (Å²) in [6.07, 6.45) is 9.06. The van der Waals surface area contributed by atoms with E-state index in [0.717, 1.165) is 25.9 Å². The molecule has 1 N–H and O–H groups in total. The molecule has 0 bridgehead atoms. The van der Waals surface area contributed by atoms with Gasteiger partial charge in [0, 0.05) is 30.4 Å². The average molecular weight is 260 g/mol. The molecule has 0 aromatic carbocycles. The summed E-state index contributed by atoms with van der Waals surface area (Å²) < 4.78 is 0. The molecular weight excluding hydrogens is 236 g/mol. The van der Waals surface area contributed by atoms with E-state index in [-0.39, 0.29) is 0 Å². The van der Waals surface area contributed by atoms with E-state index in [0.29, 0.717) is 6.04 Å². The van der Waals surface area contributed by atoms with Crippen molar-refractivity contribution in [2.45, 2.75) is 51.5 Å². The number of aryl methyl sites for hydroxylation is 1. The maximum Gasteiger partial charge on any atom is 0.135 e. The van der Waals surface area contributed by atoms with Crippen LogP contribution >= 0.6 is 0 Å². The van der Waals surface area contributed by atoms with Crippen molar-refractivity contribution < 1.29 is 0 Å². The Morgan fingerprint density at radius 3 is 3.05 bits per heavy atom. The van der Waals surface area contributed by atoms with Crippen molar-refractivity contribution in [1.29, 1.82) is 0 Å². The van der Waals surface area contributed by atoms with E-state index in [1.165, 1.54) is 49.3 Å². The molecule has 1 fully saturated rings. The van der Waals surface area contributed by atoms with E-state index in [1.807, 2.05) is 0 Å². The smallest absolute Gasteiger partial charge is 0.135 e. The molecule has 4 heteroatoms. The van der Waals surface area contributed by atoms with Crippen LogP contribution in [0.3, 0.4) is 0 Å². The highest BCUT2D eigenvalue weighted by atomic mass is 15.2. The zero-order valence-electron chi connectivity index (χ0n) is 11.9. The van der Waals surface area contributed by atoms with Crippen molar-refractivity contribution in [1.82, 2.24) is 15.3 Å². The first-order valence-electron chi connectivity index (χ1n) is 7.69. The summed E-state index contributed by atoms with van der Waals surface area (Å²) in [5, 5.41) is 3.60. The second-order valence-electron chi connectivity index (χ2n) is 5.72. The zero-order chi connectivity index (χ0) is 13.1. The average Bonchev–Trinajstić information content (AvgIpc) is 3.08. The minimum absolute atomic E-state index is 0.638. The van der Waals surface area contributed by atoms with Gasteiger partial charge in [-0.2, -0.15) is 0 Å². The van der Waals surface area contributed by atoms with E-state index in [2.05, 4.69) is 27.1 Å². The van der Waals surface area contributed by atoms with Crippen LogP contribution in [-0.2, 0) is 12.8 Å². The maximum atomic E-state index is 4.60. The maximum absolute atomic E-state index is 4.60. The fourth-order valence-corrected chi connectivity index (χ4v) is 3.35. The van der Waals surface area contributed by atoms with Gasteiger partial charge in [-0.25, -0.2) is 9.97 Å². The molecule has 1 unspecified atom stereocenters. The molecule has 0 radical (unpaired) electrons. The van der Waals surface area contributed by atoms with Crippen LogP contribution in [0.15, 0.2) is 6.33 Å². The highest BCUT2D eigenvalue weighted by Crippen LogP contribution is 2.28. The van der Waals surface area contributed by atoms with Gasteiger partial charge in [0.1, 0.15) is 12.1 Å². The standard InChI is InChI=1S/C15H24N4/c1-2-9-19(10-12-5-4-8-16-12)15-13-6-3-7-14(13)17-11-18-15/h11-12,16H,2-10H2,1H3. The molecule has 2 aliphatic rings. The Hall–Kier alpha value is -1.16. The monoisotopic (exact) mass is 260 g/mol. The molecule has 2 heterocycles. The molecule has 3 rings (SSSR count). The molecule has 1 saturated heterocycles. The Morgan fingerprint density at radius 2 is 2.26 bits per heavy atom. The molecule has 1 aromatic rings. The van der Waals surface area contributed by atoms with Gasteiger partial charge in [0.05, 0.1) is 0 Å². The van der Waals surface area contributed by atoms with Gasteiger partial charge in [-0.1, -0.05) is 6.92 Å². The van der Waals surface area contributed by atoms with Crippen molar-refractivity contribution in [3.63, 3.8) is 0 Å². The molecule has 0 spiro atoms. The van der Waals surface area contributed by atoms with Gasteiger partial charge in [0.25, 0.3) is 0 Å². The fourth-order valence-electron chi connectivity index (χ4n) is 3.35. The first-order valence-corrected chi connectivity index (χ1v) is 7.69. The summed E-state index contributed by atoms with van der Waals surface area (Å²) in [6, 6.07) is 0.638. The summed E-state index contributed by atoms with van der Waals surface area (Å²) in [7, 11) is 0. The summed E-state index contributed by atoms with van der Waals surface area (Å²) in [4.78, 5) is 11.5. The Kier molecular flexibility index (Phi) is 3.97. The van der Waals surface area contributed by atoms with Crippen molar-refractivity contribution in [3.05, 3.63) is 17.6 Å². The van der Waals surface area contributed by atoms with Gasteiger partial charge in [0.15, 0.2) is 0 Å². The van der Waals surface area contributed by atoms with E-state index >= 15 is 0 Å². The third-order valence-corrected chi connectivity index (χ3v) is 4.25. The minimum atomic E-state index is 0.638. The lowest BCUT2D eigenvalue weighted by Gasteiger charge is -2.28. The van der Waals surface area contributed by atoms with Gasteiger partial charge in [-0.15, -0.1) is 0 Å². The Bertz CT molecular complexity index is 426. The number of nitrogens with zero attached hydrogens (tertiary/aromatic N) is 3. The van der Waals surface area contributed by atoms with Crippen LogP contribution in [0.4, 0.5) is 5.82 Å². The van der Waals surface area contributed by atoms with Gasteiger partial charge >= 0.3 is 0 Å². The minimum Gasteiger partial charge on any atom is -0.355 e. The molecule has 1 atom stereocenters. The summed E-state index contributed by atoms with van der Waals surface area (Å²) >= 11 is 0. The Labute approximate surface area is 115 Å². The molecule has 1 aliphatic heterocycles. The second kappa shape index (κ2) is 5.87. The summed E-state index contributed by atoms with van der Waals surface area (Å²) in [6.45, 7) is 5.61. The lowest BCUT2D eigenvalue weighted by atomic mass is 10.1. The first-order chi connectivity index (χ1) is 9.38. The summed E-state index contributed by atoms with van der Waals surface area (Å²) in [5.41, 5.74) is 2.69. The highest BCUT2D eigenvalue weighted by molar-refractivity contribution is 5.50. The number of hydrogen-bond donors (Lipinski definition) is 1. The van der Waals surface area contributed by atoms with Gasteiger partial charge in [-0.05, 0) is 45.1 Å². The van der Waals surface area contributed by atoms with Crippen LogP contribution in [0, 0.1) is 0 Å². The number of aromatic nitrogens is 2. The predicted octanol–water partition coefficient (Wildman–Crippen LogP) is 1.93. The molecule has 104 valence electrons.